The number of H-pyrrole nitrogens is 1. The first-order valence-corrected chi connectivity index (χ1v) is 11.0. The minimum Gasteiger partial charge on any atom is -0.439 e. The van der Waals surface area contributed by atoms with Gasteiger partial charge in [-0.05, 0) is 73.7 Å². The number of aromatic nitrogens is 3. The van der Waals surface area contributed by atoms with Crippen molar-refractivity contribution in [1.82, 2.24) is 15.2 Å². The highest BCUT2D eigenvalue weighted by Gasteiger charge is 2.15. The lowest BCUT2D eigenvalue weighted by Crippen LogP contribution is -2.29. The number of hydrogen-bond acceptors (Lipinski definition) is 4. The summed E-state index contributed by atoms with van der Waals surface area (Å²) in [6, 6.07) is 16.7. The first-order chi connectivity index (χ1) is 15.7. The fraction of sp³-hybridized carbons (Fsp3) is 0.231. The number of pyridine rings is 1. The molecular weight excluding hydrogens is 403 g/mol. The molecule has 1 aliphatic rings. The summed E-state index contributed by atoms with van der Waals surface area (Å²) in [5.41, 5.74) is 5.27. The average Bonchev–Trinajstić information content (AvgIpc) is 3.36. The Morgan fingerprint density at radius 2 is 1.84 bits per heavy atom. The average molecular weight is 429 g/mol. The number of aryl methyl sites for hydroxylation is 1. The lowest BCUT2D eigenvalue weighted by molar-refractivity contribution is 0.462. The highest BCUT2D eigenvalue weighted by Crippen LogP contribution is 2.33. The molecule has 1 aliphatic heterocycles. The summed E-state index contributed by atoms with van der Waals surface area (Å²) in [7, 11) is 0. The van der Waals surface area contributed by atoms with Crippen molar-refractivity contribution in [2.24, 2.45) is 0 Å². The molecule has 6 heteroatoms. The van der Waals surface area contributed by atoms with E-state index in [1.54, 1.807) is 30.6 Å². The first-order valence-electron chi connectivity index (χ1n) is 11.0. The van der Waals surface area contributed by atoms with Gasteiger partial charge in [0.1, 0.15) is 11.6 Å². The number of anilines is 1. The molecule has 162 valence electrons. The van der Waals surface area contributed by atoms with Crippen molar-refractivity contribution in [3.63, 3.8) is 0 Å². The Balaban J connectivity index is 1.45. The number of halogens is 1. The van der Waals surface area contributed by atoms with Gasteiger partial charge in [-0.2, -0.15) is 5.10 Å². The fourth-order valence-electron chi connectivity index (χ4n) is 4.19. The summed E-state index contributed by atoms with van der Waals surface area (Å²) in [6.45, 7) is 4.15. The van der Waals surface area contributed by atoms with Crippen LogP contribution >= 0.6 is 0 Å². The molecule has 3 heterocycles. The monoisotopic (exact) mass is 428 g/mol. The Morgan fingerprint density at radius 1 is 0.969 bits per heavy atom. The number of aromatic amines is 1. The van der Waals surface area contributed by atoms with Crippen LogP contribution in [0.3, 0.4) is 0 Å². The SMILES string of the molecule is Cc1cc(-c2cc(Oc3cccc(-c4cn[nH]c4)n3)ccc2F)cc(N2CCCCC2)c1. The van der Waals surface area contributed by atoms with Crippen LogP contribution in [-0.2, 0) is 0 Å². The van der Waals surface area contributed by atoms with Crippen LogP contribution in [0.4, 0.5) is 10.1 Å². The van der Waals surface area contributed by atoms with E-state index in [0.717, 1.165) is 41.2 Å². The first kappa shape index (κ1) is 20.2. The molecule has 0 radical (unpaired) electrons. The quantitative estimate of drug-likeness (QED) is 0.401. The summed E-state index contributed by atoms with van der Waals surface area (Å²) in [5.74, 6) is 0.714. The number of piperidine rings is 1. The molecule has 5 rings (SSSR count). The Morgan fingerprint density at radius 3 is 2.66 bits per heavy atom. The lowest BCUT2D eigenvalue weighted by atomic mass is 10.0. The zero-order chi connectivity index (χ0) is 21.9. The lowest BCUT2D eigenvalue weighted by Gasteiger charge is -2.29. The molecule has 1 saturated heterocycles. The van der Waals surface area contributed by atoms with Gasteiger partial charge in [0.15, 0.2) is 0 Å². The second kappa shape index (κ2) is 8.83. The molecule has 32 heavy (non-hydrogen) atoms. The Labute approximate surface area is 186 Å². The Bertz CT molecular complexity index is 1220. The van der Waals surface area contributed by atoms with Gasteiger partial charge in [0.25, 0.3) is 0 Å². The molecule has 0 atom stereocenters. The van der Waals surface area contributed by atoms with E-state index in [-0.39, 0.29) is 5.82 Å². The largest absolute Gasteiger partial charge is 0.439 e. The van der Waals surface area contributed by atoms with Gasteiger partial charge in [-0.25, -0.2) is 9.37 Å². The predicted molar refractivity (Wildman–Crippen MR) is 125 cm³/mol. The minimum absolute atomic E-state index is 0.271. The minimum atomic E-state index is -0.271. The summed E-state index contributed by atoms with van der Waals surface area (Å²) in [5, 5.41) is 6.75. The van der Waals surface area contributed by atoms with Gasteiger partial charge in [-0.1, -0.05) is 12.1 Å². The van der Waals surface area contributed by atoms with Crippen molar-refractivity contribution in [2.75, 3.05) is 18.0 Å². The van der Waals surface area contributed by atoms with Gasteiger partial charge in [0.2, 0.25) is 5.88 Å². The second-order valence-electron chi connectivity index (χ2n) is 8.20. The molecule has 0 saturated carbocycles. The highest BCUT2D eigenvalue weighted by molar-refractivity contribution is 5.71. The highest BCUT2D eigenvalue weighted by atomic mass is 19.1. The van der Waals surface area contributed by atoms with Crippen molar-refractivity contribution >= 4 is 5.69 Å². The third kappa shape index (κ3) is 4.35. The molecule has 1 fully saturated rings. The second-order valence-corrected chi connectivity index (χ2v) is 8.20. The molecule has 4 aromatic rings. The van der Waals surface area contributed by atoms with Crippen molar-refractivity contribution in [2.45, 2.75) is 26.2 Å². The van der Waals surface area contributed by atoms with E-state index >= 15 is 0 Å². The summed E-state index contributed by atoms with van der Waals surface area (Å²) in [6.07, 6.45) is 7.16. The summed E-state index contributed by atoms with van der Waals surface area (Å²) >= 11 is 0. The van der Waals surface area contributed by atoms with Crippen LogP contribution < -0.4 is 9.64 Å². The maximum atomic E-state index is 14.9. The van der Waals surface area contributed by atoms with Crippen LogP contribution in [0.25, 0.3) is 22.4 Å². The molecule has 0 amide bonds. The van der Waals surface area contributed by atoms with Crippen LogP contribution in [0.1, 0.15) is 24.8 Å². The van der Waals surface area contributed by atoms with Crippen LogP contribution in [0.15, 0.2) is 67.0 Å². The standard InChI is InChI=1S/C26H25FN4O/c1-18-12-19(14-21(13-18)31-10-3-2-4-11-31)23-15-22(8-9-24(23)27)32-26-7-5-6-25(30-26)20-16-28-29-17-20/h5-9,12-17H,2-4,10-11H2,1H3,(H,28,29). The topological polar surface area (TPSA) is 54.0 Å². The predicted octanol–water partition coefficient (Wildman–Crippen LogP) is 6.37. The van der Waals surface area contributed by atoms with Gasteiger partial charge in [0.05, 0.1) is 11.9 Å². The molecule has 1 N–H and O–H groups in total. The number of nitrogens with one attached hydrogen (secondary N) is 1. The molecular formula is C26H25FN4O. The van der Waals surface area contributed by atoms with Crippen LogP contribution in [0.2, 0.25) is 0 Å². The molecule has 0 unspecified atom stereocenters. The number of rotatable bonds is 5. The van der Waals surface area contributed by atoms with Gasteiger partial charge in [0, 0.05) is 42.2 Å². The van der Waals surface area contributed by atoms with E-state index in [9.17, 15) is 4.39 Å². The molecule has 0 bridgehead atoms. The maximum absolute atomic E-state index is 14.9. The number of hydrogen-bond donors (Lipinski definition) is 1. The smallest absolute Gasteiger partial charge is 0.219 e. The van der Waals surface area contributed by atoms with Crippen LogP contribution in [0.5, 0.6) is 11.6 Å². The van der Waals surface area contributed by atoms with E-state index < -0.39 is 0 Å². The van der Waals surface area contributed by atoms with Gasteiger partial charge in [-0.15, -0.1) is 0 Å². The zero-order valence-corrected chi connectivity index (χ0v) is 18.0. The zero-order valence-electron chi connectivity index (χ0n) is 18.0. The van der Waals surface area contributed by atoms with Gasteiger partial charge < -0.3 is 9.64 Å². The third-order valence-electron chi connectivity index (χ3n) is 5.77. The van der Waals surface area contributed by atoms with Crippen molar-refractivity contribution < 1.29 is 9.13 Å². The number of nitrogens with zero attached hydrogens (tertiary/aromatic N) is 3. The van der Waals surface area contributed by atoms with Gasteiger partial charge in [-0.3, -0.25) is 5.10 Å². The molecule has 0 aliphatic carbocycles. The third-order valence-corrected chi connectivity index (χ3v) is 5.77. The maximum Gasteiger partial charge on any atom is 0.219 e. The van der Waals surface area contributed by atoms with E-state index in [4.69, 9.17) is 4.74 Å². The van der Waals surface area contributed by atoms with Gasteiger partial charge >= 0.3 is 0 Å². The normalized spacial score (nSPS) is 13.9. The number of ether oxygens (including phenoxy) is 1. The Kier molecular flexibility index (Phi) is 5.58. The van der Waals surface area contributed by atoms with Crippen LogP contribution in [-0.4, -0.2) is 28.3 Å². The Hall–Kier alpha value is -3.67. The van der Waals surface area contributed by atoms with Crippen molar-refractivity contribution in [3.05, 3.63) is 78.4 Å². The molecule has 2 aromatic carbocycles. The summed E-state index contributed by atoms with van der Waals surface area (Å²) in [4.78, 5) is 6.93. The summed E-state index contributed by atoms with van der Waals surface area (Å²) < 4.78 is 20.8. The van der Waals surface area contributed by atoms with Crippen LogP contribution in [0, 0.1) is 12.7 Å². The fourth-order valence-corrected chi connectivity index (χ4v) is 4.19. The van der Waals surface area contributed by atoms with E-state index in [1.165, 1.54) is 25.3 Å². The van der Waals surface area contributed by atoms with E-state index in [2.05, 4.69) is 39.1 Å². The molecule has 5 nitrogen and oxygen atoms in total. The number of benzene rings is 2. The van der Waals surface area contributed by atoms with Crippen molar-refractivity contribution in [3.8, 4) is 34.0 Å². The van der Waals surface area contributed by atoms with E-state index in [0.29, 0.717) is 17.2 Å². The van der Waals surface area contributed by atoms with E-state index in [1.807, 2.05) is 18.2 Å². The molecule has 2 aromatic heterocycles. The van der Waals surface area contributed by atoms with Crippen molar-refractivity contribution in [1.29, 1.82) is 0 Å². The molecule has 0 spiro atoms.